The van der Waals surface area contributed by atoms with Crippen molar-refractivity contribution in [2.45, 2.75) is 0 Å². The Labute approximate surface area is 145 Å². The Bertz CT molecular complexity index is 858. The zero-order valence-corrected chi connectivity index (χ0v) is 13.9. The van der Waals surface area contributed by atoms with Crippen molar-refractivity contribution in [2.75, 3.05) is 36.0 Å². The average Bonchev–Trinajstić information content (AvgIpc) is 2.62. The monoisotopic (exact) mass is 341 g/mol. The zero-order valence-electron chi connectivity index (χ0n) is 13.1. The third-order valence-corrected chi connectivity index (χ3v) is 4.76. The number of hydrogen-bond acceptors (Lipinski definition) is 3. The van der Waals surface area contributed by atoms with Crippen LogP contribution >= 0.6 is 11.6 Å². The molecule has 1 saturated heterocycles. The molecule has 1 aromatic heterocycles. The summed E-state index contributed by atoms with van der Waals surface area (Å²) in [5.74, 6) is 0.713. The summed E-state index contributed by atoms with van der Waals surface area (Å²) >= 11 is 6.34. The molecule has 0 aliphatic carbocycles. The first-order valence-corrected chi connectivity index (χ1v) is 8.39. The maximum absolute atomic E-state index is 13.1. The van der Waals surface area contributed by atoms with E-state index in [0.29, 0.717) is 5.15 Å². The summed E-state index contributed by atoms with van der Waals surface area (Å²) in [6.45, 7) is 3.47. The van der Waals surface area contributed by atoms with Crippen LogP contribution < -0.4 is 9.80 Å². The first-order valence-electron chi connectivity index (χ1n) is 8.01. The quantitative estimate of drug-likeness (QED) is 0.646. The van der Waals surface area contributed by atoms with Gasteiger partial charge in [-0.15, -0.1) is 0 Å². The van der Waals surface area contributed by atoms with Gasteiger partial charge in [-0.05, 0) is 35.7 Å². The van der Waals surface area contributed by atoms with Gasteiger partial charge in [0.25, 0.3) is 0 Å². The van der Waals surface area contributed by atoms with Crippen LogP contribution in [0.3, 0.4) is 0 Å². The molecule has 0 spiro atoms. The molecule has 0 atom stereocenters. The van der Waals surface area contributed by atoms with Crippen molar-refractivity contribution < 1.29 is 4.39 Å². The molecule has 2 aromatic carbocycles. The Balaban J connectivity index is 1.52. The highest BCUT2D eigenvalue weighted by Gasteiger charge is 2.19. The molecule has 1 fully saturated rings. The van der Waals surface area contributed by atoms with Crippen LogP contribution in [0, 0.1) is 5.82 Å². The van der Waals surface area contributed by atoms with Gasteiger partial charge in [-0.2, -0.15) is 0 Å². The number of anilines is 2. The van der Waals surface area contributed by atoms with Gasteiger partial charge in [-0.3, -0.25) is 0 Å². The molecule has 5 heteroatoms. The lowest BCUT2D eigenvalue weighted by molar-refractivity contribution is 0.624. The van der Waals surface area contributed by atoms with Gasteiger partial charge in [-0.25, -0.2) is 9.37 Å². The maximum Gasteiger partial charge on any atom is 0.139 e. The van der Waals surface area contributed by atoms with Crippen molar-refractivity contribution in [1.82, 2.24) is 4.98 Å². The Morgan fingerprint density at radius 2 is 1.54 bits per heavy atom. The summed E-state index contributed by atoms with van der Waals surface area (Å²) in [5, 5.41) is 2.63. The molecular formula is C19H17ClFN3. The lowest BCUT2D eigenvalue weighted by Gasteiger charge is -2.36. The highest BCUT2D eigenvalue weighted by atomic mass is 35.5. The molecule has 24 heavy (non-hydrogen) atoms. The number of piperazine rings is 1. The van der Waals surface area contributed by atoms with Crippen LogP contribution in [-0.2, 0) is 0 Å². The molecule has 0 saturated carbocycles. The molecule has 3 aromatic rings. The molecule has 1 aliphatic heterocycles. The molecule has 0 amide bonds. The maximum atomic E-state index is 13.1. The van der Waals surface area contributed by atoms with Gasteiger partial charge < -0.3 is 9.80 Å². The third kappa shape index (κ3) is 2.89. The molecule has 0 radical (unpaired) electrons. The highest BCUT2D eigenvalue weighted by molar-refractivity contribution is 6.34. The van der Waals surface area contributed by atoms with E-state index >= 15 is 0 Å². The van der Waals surface area contributed by atoms with Gasteiger partial charge in [0.15, 0.2) is 0 Å². The fourth-order valence-electron chi connectivity index (χ4n) is 3.15. The largest absolute Gasteiger partial charge is 0.368 e. The van der Waals surface area contributed by atoms with E-state index in [4.69, 9.17) is 11.6 Å². The van der Waals surface area contributed by atoms with Crippen LogP contribution in [-0.4, -0.2) is 31.2 Å². The van der Waals surface area contributed by atoms with Crippen LogP contribution in [0.1, 0.15) is 0 Å². The first kappa shape index (κ1) is 15.2. The van der Waals surface area contributed by atoms with Crippen LogP contribution in [0.25, 0.3) is 10.8 Å². The molecular weight excluding hydrogens is 325 g/mol. The minimum Gasteiger partial charge on any atom is -0.368 e. The number of rotatable bonds is 2. The van der Waals surface area contributed by atoms with Crippen molar-refractivity contribution in [1.29, 1.82) is 0 Å². The second-order valence-corrected chi connectivity index (χ2v) is 6.30. The van der Waals surface area contributed by atoms with Gasteiger partial charge in [0, 0.05) is 37.3 Å². The Morgan fingerprint density at radius 1 is 0.875 bits per heavy atom. The molecule has 122 valence electrons. The molecule has 4 rings (SSSR count). The summed E-state index contributed by atoms with van der Waals surface area (Å²) in [4.78, 5) is 9.07. The molecule has 1 aliphatic rings. The lowest BCUT2D eigenvalue weighted by Crippen LogP contribution is -2.46. The number of halogens is 2. The highest BCUT2D eigenvalue weighted by Crippen LogP contribution is 2.27. The van der Waals surface area contributed by atoms with Crippen molar-refractivity contribution in [3.05, 3.63) is 65.6 Å². The predicted molar refractivity (Wildman–Crippen MR) is 97.6 cm³/mol. The standard InChI is InChI=1S/C19H17ClFN3/c20-19-17-4-2-1-3-14(17)13-18(22-19)24-11-9-23(10-12-24)16-7-5-15(21)6-8-16/h1-8,13H,9-12H2. The van der Waals surface area contributed by atoms with Crippen LogP contribution in [0.15, 0.2) is 54.6 Å². The fraction of sp³-hybridized carbons (Fsp3) is 0.211. The summed E-state index contributed by atoms with van der Waals surface area (Å²) in [5.41, 5.74) is 1.06. The number of benzene rings is 2. The SMILES string of the molecule is Fc1ccc(N2CCN(c3cc4ccccc4c(Cl)n3)CC2)cc1. The topological polar surface area (TPSA) is 19.4 Å². The van der Waals surface area contributed by atoms with Gasteiger partial charge >= 0.3 is 0 Å². The summed E-state index contributed by atoms with van der Waals surface area (Å²) < 4.78 is 13.1. The second-order valence-electron chi connectivity index (χ2n) is 5.94. The zero-order chi connectivity index (χ0) is 16.5. The summed E-state index contributed by atoms with van der Waals surface area (Å²) in [6.07, 6.45) is 0. The second kappa shape index (κ2) is 6.29. The average molecular weight is 342 g/mol. The summed E-state index contributed by atoms with van der Waals surface area (Å²) in [6, 6.07) is 16.8. The smallest absolute Gasteiger partial charge is 0.139 e. The van der Waals surface area contributed by atoms with Crippen LogP contribution in [0.4, 0.5) is 15.9 Å². The number of nitrogens with zero attached hydrogens (tertiary/aromatic N) is 3. The van der Waals surface area contributed by atoms with E-state index in [9.17, 15) is 4.39 Å². The number of pyridine rings is 1. The molecule has 0 bridgehead atoms. The third-order valence-electron chi connectivity index (χ3n) is 4.48. The molecule has 0 N–H and O–H groups in total. The van der Waals surface area contributed by atoms with E-state index in [2.05, 4.69) is 26.9 Å². The molecule has 0 unspecified atom stereocenters. The van der Waals surface area contributed by atoms with Crippen molar-refractivity contribution >= 4 is 33.9 Å². The van der Waals surface area contributed by atoms with Crippen molar-refractivity contribution in [2.24, 2.45) is 0 Å². The normalized spacial score (nSPS) is 15.1. The van der Waals surface area contributed by atoms with Crippen LogP contribution in [0.5, 0.6) is 0 Å². The summed E-state index contributed by atoms with van der Waals surface area (Å²) in [7, 11) is 0. The first-order chi connectivity index (χ1) is 11.7. The van der Waals surface area contributed by atoms with Gasteiger partial charge in [-0.1, -0.05) is 35.9 Å². The van der Waals surface area contributed by atoms with Crippen molar-refractivity contribution in [3.63, 3.8) is 0 Å². The fourth-order valence-corrected chi connectivity index (χ4v) is 3.41. The van der Waals surface area contributed by atoms with Crippen molar-refractivity contribution in [3.8, 4) is 0 Å². The van der Waals surface area contributed by atoms with E-state index in [1.807, 2.05) is 30.3 Å². The van der Waals surface area contributed by atoms with E-state index in [1.165, 1.54) is 12.1 Å². The van der Waals surface area contributed by atoms with Gasteiger partial charge in [0.2, 0.25) is 0 Å². The number of hydrogen-bond donors (Lipinski definition) is 0. The van der Waals surface area contributed by atoms with E-state index < -0.39 is 0 Å². The Morgan fingerprint density at radius 3 is 2.29 bits per heavy atom. The predicted octanol–water partition coefficient (Wildman–Crippen LogP) is 4.35. The Hall–Kier alpha value is -2.33. The van der Waals surface area contributed by atoms with E-state index in [1.54, 1.807) is 0 Å². The van der Waals surface area contributed by atoms with Gasteiger partial charge in [0.05, 0.1) is 0 Å². The Kier molecular flexibility index (Phi) is 3.98. The lowest BCUT2D eigenvalue weighted by atomic mass is 10.1. The van der Waals surface area contributed by atoms with E-state index in [-0.39, 0.29) is 5.82 Å². The minimum atomic E-state index is -0.201. The molecule has 2 heterocycles. The molecule has 3 nitrogen and oxygen atoms in total. The number of fused-ring (bicyclic) bond motifs is 1. The number of aromatic nitrogens is 1. The minimum absolute atomic E-state index is 0.201. The van der Waals surface area contributed by atoms with Crippen LogP contribution in [0.2, 0.25) is 5.15 Å². The van der Waals surface area contributed by atoms with E-state index in [0.717, 1.165) is 48.5 Å². The van der Waals surface area contributed by atoms with Gasteiger partial charge in [0.1, 0.15) is 16.8 Å².